The molecule has 0 radical (unpaired) electrons. The average Bonchev–Trinajstić information content (AvgIpc) is 2.41. The second-order valence-corrected chi connectivity index (χ2v) is 6.58. The lowest BCUT2D eigenvalue weighted by atomic mass is 10.3. The Morgan fingerprint density at radius 1 is 1.35 bits per heavy atom. The summed E-state index contributed by atoms with van der Waals surface area (Å²) in [5, 5.41) is 2.92. The first kappa shape index (κ1) is 21.5. The summed E-state index contributed by atoms with van der Waals surface area (Å²) in [4.78, 5) is 4.08. The zero-order valence-electron chi connectivity index (χ0n) is 13.2. The minimum atomic E-state index is -3.27. The summed E-state index contributed by atoms with van der Waals surface area (Å²) in [7, 11) is -3.27. The van der Waals surface area contributed by atoms with Crippen LogP contribution in [0.3, 0.4) is 0 Å². The molecule has 0 aromatic heterocycles. The van der Waals surface area contributed by atoms with E-state index in [1.165, 1.54) is 0 Å². The van der Waals surface area contributed by atoms with Crippen LogP contribution in [0.1, 0.15) is 6.92 Å². The van der Waals surface area contributed by atoms with Gasteiger partial charge in [0, 0.05) is 5.69 Å². The third kappa shape index (κ3) is 10.8. The van der Waals surface area contributed by atoms with Gasteiger partial charge in [-0.3, -0.25) is 4.72 Å². The maximum atomic E-state index is 11.1. The number of nitrogens with one attached hydrogen (secondary N) is 2. The van der Waals surface area contributed by atoms with Crippen molar-refractivity contribution in [1.29, 1.82) is 0 Å². The number of nitrogens with zero attached hydrogens (tertiary/aromatic N) is 1. The van der Waals surface area contributed by atoms with E-state index >= 15 is 0 Å². The second-order valence-electron chi connectivity index (χ2n) is 4.83. The van der Waals surface area contributed by atoms with Crippen LogP contribution in [0.25, 0.3) is 0 Å². The monoisotopic (exact) mass is 454 g/mol. The molecule has 7 nitrogen and oxygen atoms in total. The number of halogens is 1. The van der Waals surface area contributed by atoms with Gasteiger partial charge < -0.3 is 15.8 Å². The van der Waals surface area contributed by atoms with E-state index in [2.05, 4.69) is 21.6 Å². The molecule has 0 aliphatic rings. The number of aliphatic imine (C=N–C) groups is 1. The van der Waals surface area contributed by atoms with E-state index in [9.17, 15) is 8.42 Å². The highest BCUT2D eigenvalue weighted by atomic mass is 127. The molecule has 9 heteroatoms. The Bertz CT molecular complexity index is 630. The van der Waals surface area contributed by atoms with E-state index in [1.807, 2.05) is 6.92 Å². The van der Waals surface area contributed by atoms with Gasteiger partial charge in [0.05, 0.1) is 19.3 Å². The molecule has 4 N–H and O–H groups in total. The van der Waals surface area contributed by atoms with E-state index in [-0.39, 0.29) is 24.0 Å². The van der Waals surface area contributed by atoms with Crippen LogP contribution in [0, 0.1) is 0 Å². The fourth-order valence-electron chi connectivity index (χ4n) is 1.46. The normalized spacial score (nSPS) is 11.3. The van der Waals surface area contributed by atoms with Crippen molar-refractivity contribution < 1.29 is 13.2 Å². The van der Waals surface area contributed by atoms with Crippen LogP contribution >= 0.6 is 24.0 Å². The van der Waals surface area contributed by atoms with Gasteiger partial charge in [0.2, 0.25) is 10.0 Å². The first-order chi connectivity index (χ1) is 10.3. The topological polar surface area (TPSA) is 106 Å². The summed E-state index contributed by atoms with van der Waals surface area (Å²) in [5.41, 5.74) is 7.08. The Morgan fingerprint density at radius 2 is 1.96 bits per heavy atom. The summed E-state index contributed by atoms with van der Waals surface area (Å²) >= 11 is 0. The van der Waals surface area contributed by atoms with Crippen molar-refractivity contribution in [3.63, 3.8) is 0 Å². The maximum absolute atomic E-state index is 11.1. The van der Waals surface area contributed by atoms with Crippen molar-refractivity contribution in [3.05, 3.63) is 36.4 Å². The van der Waals surface area contributed by atoms with Gasteiger partial charge in [0.25, 0.3) is 0 Å². The molecule has 0 spiro atoms. The smallest absolute Gasteiger partial charge is 0.229 e. The fraction of sp³-hybridized carbons (Fsp3) is 0.357. The van der Waals surface area contributed by atoms with Crippen LogP contribution in [-0.4, -0.2) is 40.3 Å². The highest BCUT2D eigenvalue weighted by Crippen LogP contribution is 2.16. The lowest BCUT2D eigenvalue weighted by Crippen LogP contribution is -2.34. The number of hydrogen-bond donors (Lipinski definition) is 3. The molecule has 1 aromatic carbocycles. The van der Waals surface area contributed by atoms with Crippen LogP contribution in [0.2, 0.25) is 0 Å². The zero-order chi connectivity index (χ0) is 16.6. The maximum Gasteiger partial charge on any atom is 0.229 e. The number of guanidine groups is 1. The molecule has 0 saturated heterocycles. The van der Waals surface area contributed by atoms with Crippen molar-refractivity contribution in [2.75, 3.05) is 30.7 Å². The second kappa shape index (κ2) is 10.3. The number of rotatable bonds is 8. The lowest BCUT2D eigenvalue weighted by Gasteiger charge is -2.09. The van der Waals surface area contributed by atoms with Crippen molar-refractivity contribution >= 4 is 45.6 Å². The van der Waals surface area contributed by atoms with Crippen molar-refractivity contribution in [3.8, 4) is 5.75 Å². The molecule has 0 heterocycles. The summed E-state index contributed by atoms with van der Waals surface area (Å²) in [6.45, 7) is 7.02. The van der Waals surface area contributed by atoms with Gasteiger partial charge in [-0.15, -0.1) is 24.0 Å². The van der Waals surface area contributed by atoms with Crippen LogP contribution in [0.15, 0.2) is 41.4 Å². The van der Waals surface area contributed by atoms with Crippen molar-refractivity contribution in [2.24, 2.45) is 10.7 Å². The number of benzene rings is 1. The summed E-state index contributed by atoms with van der Waals surface area (Å²) in [6, 6.07) is 6.64. The fourth-order valence-corrected chi connectivity index (χ4v) is 2.02. The predicted molar refractivity (Wildman–Crippen MR) is 105 cm³/mol. The molecular formula is C14H23IN4O3S. The van der Waals surface area contributed by atoms with Gasteiger partial charge in [-0.05, 0) is 31.2 Å². The van der Waals surface area contributed by atoms with Gasteiger partial charge in [0.1, 0.15) is 12.4 Å². The summed E-state index contributed by atoms with van der Waals surface area (Å²) in [5.74, 6) is 0.984. The summed E-state index contributed by atoms with van der Waals surface area (Å²) < 4.78 is 30.0. The molecule has 0 aliphatic heterocycles. The molecule has 0 unspecified atom stereocenters. The largest absolute Gasteiger partial charge is 0.492 e. The van der Waals surface area contributed by atoms with Crippen LogP contribution in [-0.2, 0) is 10.0 Å². The van der Waals surface area contributed by atoms with Gasteiger partial charge in [-0.25, -0.2) is 13.4 Å². The third-order valence-electron chi connectivity index (χ3n) is 2.35. The quantitative estimate of drug-likeness (QED) is 0.182. The van der Waals surface area contributed by atoms with Crippen molar-refractivity contribution in [2.45, 2.75) is 6.92 Å². The number of ether oxygens (including phenoxy) is 1. The summed E-state index contributed by atoms with van der Waals surface area (Å²) in [6.07, 6.45) is 1.10. The molecular weight excluding hydrogens is 431 g/mol. The van der Waals surface area contributed by atoms with Crippen LogP contribution in [0.4, 0.5) is 5.69 Å². The van der Waals surface area contributed by atoms with E-state index in [1.54, 1.807) is 24.3 Å². The molecule has 1 aromatic rings. The van der Waals surface area contributed by atoms with Crippen LogP contribution < -0.4 is 20.5 Å². The standard InChI is InChI=1S/C14H22N4O3S.HI/c1-11(2)10-17-14(15)16-8-9-21-13-6-4-12(5-7-13)18-22(3,19)20;/h4-7,18H,1,8-10H2,2-3H3,(H3,15,16,17);1H. The minimum Gasteiger partial charge on any atom is -0.492 e. The number of hydrogen-bond acceptors (Lipinski definition) is 4. The molecule has 0 amide bonds. The van der Waals surface area contributed by atoms with E-state index in [4.69, 9.17) is 10.5 Å². The van der Waals surface area contributed by atoms with Gasteiger partial charge in [-0.2, -0.15) is 0 Å². The molecule has 23 heavy (non-hydrogen) atoms. The SMILES string of the molecule is C=C(C)CN=C(N)NCCOc1ccc(NS(C)(=O)=O)cc1.I. The number of nitrogens with two attached hydrogens (primary N) is 1. The number of anilines is 1. The molecule has 0 bridgehead atoms. The van der Waals surface area contributed by atoms with E-state index < -0.39 is 10.0 Å². The molecule has 1 rings (SSSR count). The Hall–Kier alpha value is -1.49. The Morgan fingerprint density at radius 3 is 2.48 bits per heavy atom. The highest BCUT2D eigenvalue weighted by Gasteiger charge is 2.01. The van der Waals surface area contributed by atoms with E-state index in [0.29, 0.717) is 37.1 Å². The Balaban J connectivity index is 0.00000484. The van der Waals surface area contributed by atoms with Gasteiger partial charge in [0.15, 0.2) is 5.96 Å². The third-order valence-corrected chi connectivity index (χ3v) is 2.96. The molecule has 0 aliphatic carbocycles. The first-order valence-corrected chi connectivity index (χ1v) is 8.54. The van der Waals surface area contributed by atoms with Crippen LogP contribution in [0.5, 0.6) is 5.75 Å². The Labute approximate surface area is 154 Å². The molecule has 0 fully saturated rings. The molecule has 130 valence electrons. The first-order valence-electron chi connectivity index (χ1n) is 6.65. The predicted octanol–water partition coefficient (Wildman–Crippen LogP) is 1.54. The molecule has 0 atom stereocenters. The number of sulfonamides is 1. The van der Waals surface area contributed by atoms with Gasteiger partial charge in [-0.1, -0.05) is 12.2 Å². The molecule has 0 saturated carbocycles. The van der Waals surface area contributed by atoms with E-state index in [0.717, 1.165) is 11.8 Å². The van der Waals surface area contributed by atoms with Gasteiger partial charge >= 0.3 is 0 Å². The lowest BCUT2D eigenvalue weighted by molar-refractivity contribution is 0.322. The van der Waals surface area contributed by atoms with Crippen molar-refractivity contribution in [1.82, 2.24) is 5.32 Å². The Kier molecular flexibility index (Phi) is 9.65. The average molecular weight is 454 g/mol. The zero-order valence-corrected chi connectivity index (χ0v) is 16.4. The highest BCUT2D eigenvalue weighted by molar-refractivity contribution is 14.0. The minimum absolute atomic E-state index is 0.